The molecule has 0 unspecified atom stereocenters. The van der Waals surface area contributed by atoms with Gasteiger partial charge in [0.05, 0.1) is 5.69 Å². The van der Waals surface area contributed by atoms with Crippen molar-refractivity contribution >= 4 is 22.8 Å². The molecule has 1 aliphatic heterocycles. The van der Waals surface area contributed by atoms with Crippen LogP contribution < -0.4 is 16.4 Å². The average Bonchev–Trinajstić information content (AvgIpc) is 2.60. The molecule has 102 valence electrons. The molecular weight excluding hydrogens is 242 g/mol. The van der Waals surface area contributed by atoms with Crippen molar-refractivity contribution in [2.24, 2.45) is 12.8 Å². The van der Waals surface area contributed by atoms with E-state index < -0.39 is 0 Å². The van der Waals surface area contributed by atoms with Crippen molar-refractivity contribution in [1.82, 2.24) is 19.7 Å². The van der Waals surface area contributed by atoms with Crippen LogP contribution in [0.3, 0.4) is 0 Å². The molecule has 2 aromatic heterocycles. The predicted molar refractivity (Wildman–Crippen MR) is 75.0 cm³/mol. The number of nitrogens with two attached hydrogens (primary N) is 2. The van der Waals surface area contributed by atoms with Crippen LogP contribution >= 0.6 is 0 Å². The lowest BCUT2D eigenvalue weighted by molar-refractivity contribution is 0.515. The molecule has 0 radical (unpaired) electrons. The zero-order valence-electron chi connectivity index (χ0n) is 11.5. The maximum absolute atomic E-state index is 5.84. The molecule has 3 rings (SSSR count). The zero-order valence-corrected chi connectivity index (χ0v) is 11.5. The Morgan fingerprint density at radius 2 is 1.89 bits per heavy atom. The molecule has 0 bridgehead atoms. The van der Waals surface area contributed by atoms with Crippen LogP contribution in [0, 0.1) is 0 Å². The molecular formula is C12H19N7. The summed E-state index contributed by atoms with van der Waals surface area (Å²) >= 11 is 0. The van der Waals surface area contributed by atoms with E-state index in [1.54, 1.807) is 0 Å². The Kier molecular flexibility index (Phi) is 2.60. The second kappa shape index (κ2) is 4.06. The van der Waals surface area contributed by atoms with Crippen molar-refractivity contribution < 1.29 is 0 Å². The van der Waals surface area contributed by atoms with Gasteiger partial charge in [-0.15, -0.1) is 0 Å². The number of nitrogen functional groups attached to an aromatic ring is 1. The molecule has 19 heavy (non-hydrogen) atoms. The van der Waals surface area contributed by atoms with Gasteiger partial charge in [-0.05, 0) is 5.92 Å². The third kappa shape index (κ3) is 1.81. The fourth-order valence-electron chi connectivity index (χ4n) is 2.64. The summed E-state index contributed by atoms with van der Waals surface area (Å²) in [5.74, 6) is 1.42. The van der Waals surface area contributed by atoms with Crippen molar-refractivity contribution in [3.8, 4) is 0 Å². The largest absolute Gasteiger partial charge is 0.368 e. The summed E-state index contributed by atoms with van der Waals surface area (Å²) in [5.41, 5.74) is 14.4. The van der Waals surface area contributed by atoms with Gasteiger partial charge in [0, 0.05) is 26.2 Å². The maximum atomic E-state index is 5.84. The van der Waals surface area contributed by atoms with Crippen LogP contribution in [0.4, 0.5) is 11.8 Å². The van der Waals surface area contributed by atoms with Gasteiger partial charge < -0.3 is 16.4 Å². The van der Waals surface area contributed by atoms with Gasteiger partial charge in [-0.2, -0.15) is 10.1 Å². The van der Waals surface area contributed by atoms with Crippen molar-refractivity contribution in [2.75, 3.05) is 23.7 Å². The Labute approximate surface area is 111 Å². The quantitative estimate of drug-likeness (QED) is 0.802. The van der Waals surface area contributed by atoms with Crippen LogP contribution in [0.2, 0.25) is 0 Å². The molecule has 1 saturated heterocycles. The molecule has 4 N–H and O–H groups in total. The van der Waals surface area contributed by atoms with E-state index in [0.29, 0.717) is 5.92 Å². The molecule has 0 atom stereocenters. The highest BCUT2D eigenvalue weighted by Crippen LogP contribution is 2.31. The summed E-state index contributed by atoms with van der Waals surface area (Å²) < 4.78 is 1.87. The van der Waals surface area contributed by atoms with E-state index in [1.807, 2.05) is 11.7 Å². The number of hydrogen-bond acceptors (Lipinski definition) is 6. The van der Waals surface area contributed by atoms with Crippen molar-refractivity contribution in [2.45, 2.75) is 25.8 Å². The minimum atomic E-state index is 0.208. The van der Waals surface area contributed by atoms with Gasteiger partial charge in [0.2, 0.25) is 5.95 Å². The van der Waals surface area contributed by atoms with E-state index in [-0.39, 0.29) is 12.0 Å². The molecule has 0 spiro atoms. The van der Waals surface area contributed by atoms with Crippen molar-refractivity contribution in [1.29, 1.82) is 0 Å². The van der Waals surface area contributed by atoms with Gasteiger partial charge in [0.25, 0.3) is 0 Å². The zero-order chi connectivity index (χ0) is 13.7. The monoisotopic (exact) mass is 261 g/mol. The minimum absolute atomic E-state index is 0.208. The van der Waals surface area contributed by atoms with Crippen LogP contribution in [0.5, 0.6) is 0 Å². The van der Waals surface area contributed by atoms with Gasteiger partial charge in [-0.1, -0.05) is 13.8 Å². The van der Waals surface area contributed by atoms with Crippen LogP contribution in [-0.4, -0.2) is 38.9 Å². The van der Waals surface area contributed by atoms with E-state index in [4.69, 9.17) is 11.5 Å². The fourth-order valence-corrected chi connectivity index (χ4v) is 2.64. The SMILES string of the molecule is CC(C)c1c2nc(N)nc(N3CC(N)C3)c2nn1C. The highest BCUT2D eigenvalue weighted by atomic mass is 15.3. The smallest absolute Gasteiger partial charge is 0.222 e. The van der Waals surface area contributed by atoms with E-state index >= 15 is 0 Å². The Balaban J connectivity index is 2.20. The Morgan fingerprint density at radius 1 is 1.21 bits per heavy atom. The number of aromatic nitrogens is 4. The molecule has 0 aromatic carbocycles. The number of hydrogen-bond donors (Lipinski definition) is 2. The summed E-state index contributed by atoms with van der Waals surface area (Å²) in [4.78, 5) is 10.8. The lowest BCUT2D eigenvalue weighted by Gasteiger charge is -2.37. The van der Waals surface area contributed by atoms with Gasteiger partial charge in [0.15, 0.2) is 11.3 Å². The molecule has 2 aromatic rings. The molecule has 1 fully saturated rings. The molecule has 0 aliphatic carbocycles. The van der Waals surface area contributed by atoms with Crippen molar-refractivity contribution in [3.63, 3.8) is 0 Å². The van der Waals surface area contributed by atoms with Crippen LogP contribution in [0.25, 0.3) is 11.0 Å². The normalized spacial score (nSPS) is 16.4. The Hall–Kier alpha value is -1.89. The summed E-state index contributed by atoms with van der Waals surface area (Å²) in [7, 11) is 1.93. The summed E-state index contributed by atoms with van der Waals surface area (Å²) in [6.45, 7) is 5.82. The number of aryl methyl sites for hydroxylation is 1. The first-order valence-electron chi connectivity index (χ1n) is 6.48. The van der Waals surface area contributed by atoms with Gasteiger partial charge in [-0.3, -0.25) is 4.68 Å². The third-order valence-corrected chi connectivity index (χ3v) is 3.48. The molecule has 0 saturated carbocycles. The van der Waals surface area contributed by atoms with Gasteiger partial charge in [-0.25, -0.2) is 4.98 Å². The Bertz CT molecular complexity index is 625. The lowest BCUT2D eigenvalue weighted by Crippen LogP contribution is -2.56. The van der Waals surface area contributed by atoms with E-state index in [2.05, 4.69) is 33.8 Å². The number of fused-ring (bicyclic) bond motifs is 1. The Morgan fingerprint density at radius 3 is 2.47 bits per heavy atom. The first-order valence-corrected chi connectivity index (χ1v) is 6.48. The topological polar surface area (TPSA) is 98.9 Å². The van der Waals surface area contributed by atoms with Gasteiger partial charge >= 0.3 is 0 Å². The highest BCUT2D eigenvalue weighted by molar-refractivity contribution is 5.89. The van der Waals surface area contributed by atoms with E-state index in [1.165, 1.54) is 0 Å². The first-order chi connectivity index (χ1) is 8.97. The lowest BCUT2D eigenvalue weighted by atomic mass is 10.1. The van der Waals surface area contributed by atoms with Crippen LogP contribution in [-0.2, 0) is 7.05 Å². The fraction of sp³-hybridized carbons (Fsp3) is 0.583. The van der Waals surface area contributed by atoms with Crippen LogP contribution in [0.15, 0.2) is 0 Å². The molecule has 7 nitrogen and oxygen atoms in total. The summed E-state index contributed by atoms with van der Waals surface area (Å²) in [6.07, 6.45) is 0. The highest BCUT2D eigenvalue weighted by Gasteiger charge is 2.28. The second-order valence-electron chi connectivity index (χ2n) is 5.43. The molecule has 0 amide bonds. The second-order valence-corrected chi connectivity index (χ2v) is 5.43. The number of anilines is 2. The number of nitrogens with zero attached hydrogens (tertiary/aromatic N) is 5. The standard InChI is InChI=1S/C12H19N7/c1-6(2)10-8-9(17-18(10)3)11(16-12(14)15-8)19-4-7(13)5-19/h6-7H,4-5,13H2,1-3H3,(H2,14,15). The van der Waals surface area contributed by atoms with E-state index in [9.17, 15) is 0 Å². The van der Waals surface area contributed by atoms with Crippen LogP contribution in [0.1, 0.15) is 25.5 Å². The van der Waals surface area contributed by atoms with Crippen molar-refractivity contribution in [3.05, 3.63) is 5.69 Å². The average molecular weight is 261 g/mol. The molecule has 3 heterocycles. The molecule has 1 aliphatic rings. The first kappa shape index (κ1) is 12.2. The summed E-state index contributed by atoms with van der Waals surface area (Å²) in [5, 5.41) is 4.56. The predicted octanol–water partition coefficient (Wildman–Crippen LogP) is 0.216. The van der Waals surface area contributed by atoms with Gasteiger partial charge in [0.1, 0.15) is 5.52 Å². The maximum Gasteiger partial charge on any atom is 0.222 e. The van der Waals surface area contributed by atoms with E-state index in [0.717, 1.165) is 35.6 Å². The minimum Gasteiger partial charge on any atom is -0.368 e. The molecule has 7 heteroatoms. The third-order valence-electron chi connectivity index (χ3n) is 3.48. The summed E-state index contributed by atoms with van der Waals surface area (Å²) in [6, 6.07) is 0.208. The number of rotatable bonds is 2.